The summed E-state index contributed by atoms with van der Waals surface area (Å²) in [4.78, 5) is 13.8. The summed E-state index contributed by atoms with van der Waals surface area (Å²) in [6.45, 7) is 6.01. The first-order valence-electron chi connectivity index (χ1n) is 9.75. The van der Waals surface area contributed by atoms with Crippen LogP contribution >= 0.6 is 0 Å². The van der Waals surface area contributed by atoms with Crippen molar-refractivity contribution in [2.75, 3.05) is 24.2 Å². The lowest BCUT2D eigenvalue weighted by Gasteiger charge is -2.18. The minimum absolute atomic E-state index is 0.339. The summed E-state index contributed by atoms with van der Waals surface area (Å²) < 4.78 is 4.82. The number of fused-ring (bicyclic) bond motifs is 3. The zero-order valence-corrected chi connectivity index (χ0v) is 16.8. The highest BCUT2D eigenvalue weighted by Gasteiger charge is 2.21. The summed E-state index contributed by atoms with van der Waals surface area (Å²) in [5.41, 5.74) is 5.01. The Morgan fingerprint density at radius 3 is 2.90 bits per heavy atom. The van der Waals surface area contributed by atoms with Crippen molar-refractivity contribution in [3.05, 3.63) is 67.0 Å². The molecule has 2 atom stereocenters. The molecule has 4 heterocycles. The lowest BCUT2D eigenvalue weighted by Crippen LogP contribution is -2.08. The average molecular weight is 403 g/mol. The molecule has 2 unspecified atom stereocenters. The lowest BCUT2D eigenvalue weighted by atomic mass is 9.98. The molecule has 5 rings (SSSR count). The number of pyridine rings is 1. The van der Waals surface area contributed by atoms with Gasteiger partial charge in [0, 0.05) is 29.7 Å². The first-order valence-corrected chi connectivity index (χ1v) is 11.1. The largest absolute Gasteiger partial charge is 0.324 e. The molecule has 2 N–H and O–H groups in total. The number of nitrogens with zero attached hydrogens (tertiary/aromatic N) is 4. The van der Waals surface area contributed by atoms with Gasteiger partial charge in [0.05, 0.1) is 6.20 Å². The van der Waals surface area contributed by atoms with Crippen molar-refractivity contribution in [3.63, 3.8) is 0 Å². The smallest absolute Gasteiger partial charge is 0.227 e. The van der Waals surface area contributed by atoms with Crippen LogP contribution in [0.4, 0.5) is 17.3 Å². The molecule has 0 spiro atoms. The van der Waals surface area contributed by atoms with Gasteiger partial charge in [-0.1, -0.05) is 18.2 Å². The molecule has 0 amide bonds. The Kier molecular flexibility index (Phi) is 4.91. The summed E-state index contributed by atoms with van der Waals surface area (Å²) >= 11 is 0. The first-order chi connectivity index (χ1) is 14.3. The Hall–Kier alpha value is -2.90. The monoisotopic (exact) mass is 402 g/mol. The third kappa shape index (κ3) is 3.59. The van der Waals surface area contributed by atoms with Gasteiger partial charge in [0.1, 0.15) is 16.4 Å². The number of hydrogen-bond donors (Lipinski definition) is 2. The Bertz CT molecular complexity index is 1090. The quantitative estimate of drug-likeness (QED) is 0.621. The van der Waals surface area contributed by atoms with Gasteiger partial charge in [-0.3, -0.25) is 0 Å². The molecule has 29 heavy (non-hydrogen) atoms. The Morgan fingerprint density at radius 2 is 2.10 bits per heavy atom. The van der Waals surface area contributed by atoms with E-state index in [-0.39, 0.29) is 10.7 Å². The third-order valence-corrected chi connectivity index (χ3v) is 6.94. The van der Waals surface area contributed by atoms with Crippen LogP contribution < -0.4 is 10.6 Å². The van der Waals surface area contributed by atoms with E-state index in [2.05, 4.69) is 57.5 Å². The molecular formula is C22H22N6S. The summed E-state index contributed by atoms with van der Waals surface area (Å²) in [5, 5.41) is 7.72. The lowest BCUT2D eigenvalue weighted by molar-refractivity contribution is 0.763. The van der Waals surface area contributed by atoms with Crippen molar-refractivity contribution < 1.29 is 0 Å². The van der Waals surface area contributed by atoms with Crippen LogP contribution in [0.1, 0.15) is 17.9 Å². The molecule has 2 aromatic heterocycles. The topological polar surface area (TPSA) is 75.1 Å². The maximum atomic E-state index is 4.82. The summed E-state index contributed by atoms with van der Waals surface area (Å²) in [6.07, 6.45) is 6.69. The van der Waals surface area contributed by atoms with E-state index in [1.165, 1.54) is 12.0 Å². The fourth-order valence-corrected chi connectivity index (χ4v) is 5.27. The zero-order chi connectivity index (χ0) is 19.6. The standard InChI is InChI=1S/C22H22N6S/c1-2-12-29-21-18(4-3-10-24-21)20-19(28-29)14-25-22(27-20)26-17-7-5-15(6-8-17)16-9-11-23-13-16/h2-8,10,14,16,23H,1,9,11-13H2,(H,25,26,27). The van der Waals surface area contributed by atoms with Gasteiger partial charge in [0.15, 0.2) is 0 Å². The van der Waals surface area contributed by atoms with Gasteiger partial charge < -0.3 is 10.6 Å². The third-order valence-electron chi connectivity index (χ3n) is 5.20. The van der Waals surface area contributed by atoms with Gasteiger partial charge in [-0.05, 0) is 59.4 Å². The maximum absolute atomic E-state index is 4.82. The van der Waals surface area contributed by atoms with E-state index in [1.807, 2.05) is 18.3 Å². The highest BCUT2D eigenvalue weighted by atomic mass is 32.2. The number of hydrogen-bond acceptors (Lipinski definition) is 6. The average Bonchev–Trinajstić information content (AvgIpc) is 3.30. The molecule has 146 valence electrons. The van der Waals surface area contributed by atoms with Crippen molar-refractivity contribution in [2.45, 2.75) is 17.4 Å². The van der Waals surface area contributed by atoms with Gasteiger partial charge in [-0.2, -0.15) is 0 Å². The van der Waals surface area contributed by atoms with Crippen LogP contribution in [0, 0.1) is 0 Å². The molecule has 1 fully saturated rings. The highest BCUT2D eigenvalue weighted by Crippen LogP contribution is 2.38. The molecule has 0 saturated carbocycles. The summed E-state index contributed by atoms with van der Waals surface area (Å²) in [5.74, 6) is 1.94. The van der Waals surface area contributed by atoms with E-state index in [9.17, 15) is 0 Å². The normalized spacial score (nSPS) is 19.7. The number of aromatic nitrogens is 3. The van der Waals surface area contributed by atoms with E-state index >= 15 is 0 Å². The second-order valence-corrected chi connectivity index (χ2v) is 8.76. The minimum Gasteiger partial charge on any atom is -0.324 e. The molecule has 2 aliphatic heterocycles. The van der Waals surface area contributed by atoms with Crippen molar-refractivity contribution in [1.82, 2.24) is 20.3 Å². The Labute approximate surface area is 172 Å². The second-order valence-electron chi connectivity index (χ2n) is 7.13. The van der Waals surface area contributed by atoms with Crippen molar-refractivity contribution >= 4 is 28.0 Å². The molecule has 1 aromatic carbocycles. The maximum Gasteiger partial charge on any atom is 0.227 e. The number of rotatable bonds is 5. The number of anilines is 2. The van der Waals surface area contributed by atoms with Crippen molar-refractivity contribution in [1.29, 1.82) is 0 Å². The predicted molar refractivity (Wildman–Crippen MR) is 118 cm³/mol. The van der Waals surface area contributed by atoms with E-state index in [0.717, 1.165) is 46.5 Å². The van der Waals surface area contributed by atoms with Crippen molar-refractivity contribution in [2.24, 2.45) is 4.36 Å². The molecule has 2 aliphatic rings. The second kappa shape index (κ2) is 7.85. The minimum atomic E-state index is -0.339. The first kappa shape index (κ1) is 18.1. The highest BCUT2D eigenvalue weighted by molar-refractivity contribution is 7.87. The van der Waals surface area contributed by atoms with E-state index < -0.39 is 0 Å². The van der Waals surface area contributed by atoms with Crippen LogP contribution in [0.25, 0.3) is 11.3 Å². The van der Waals surface area contributed by atoms with E-state index in [0.29, 0.717) is 11.9 Å². The number of nitrogens with one attached hydrogen (secondary N) is 2. The van der Waals surface area contributed by atoms with Crippen LogP contribution in [0.5, 0.6) is 0 Å². The van der Waals surface area contributed by atoms with E-state index in [1.54, 1.807) is 6.20 Å². The van der Waals surface area contributed by atoms with Crippen LogP contribution in [0.3, 0.4) is 0 Å². The molecule has 6 nitrogen and oxygen atoms in total. The fraction of sp³-hybridized carbons (Fsp3) is 0.227. The summed E-state index contributed by atoms with van der Waals surface area (Å²) in [6, 6.07) is 12.6. The molecule has 0 bridgehead atoms. The Balaban J connectivity index is 1.43. The van der Waals surface area contributed by atoms with Gasteiger partial charge >= 0.3 is 0 Å². The van der Waals surface area contributed by atoms with Crippen LogP contribution in [-0.4, -0.2) is 33.8 Å². The number of benzene rings is 1. The molecular weight excluding hydrogens is 380 g/mol. The SMILES string of the molecule is C=CCS1=Nc2cnc(Nc3ccc(C4CCNC4)cc3)nc2-c2cccnc21. The predicted octanol–water partition coefficient (Wildman–Crippen LogP) is 4.35. The molecule has 7 heteroatoms. The van der Waals surface area contributed by atoms with Gasteiger partial charge in [-0.25, -0.2) is 19.3 Å². The zero-order valence-electron chi connectivity index (χ0n) is 16.0. The van der Waals surface area contributed by atoms with Gasteiger partial charge in [0.25, 0.3) is 0 Å². The molecule has 0 radical (unpaired) electrons. The van der Waals surface area contributed by atoms with Crippen LogP contribution in [0.15, 0.2) is 70.8 Å². The van der Waals surface area contributed by atoms with Crippen molar-refractivity contribution in [3.8, 4) is 11.3 Å². The van der Waals surface area contributed by atoms with Gasteiger partial charge in [0.2, 0.25) is 5.95 Å². The summed E-state index contributed by atoms with van der Waals surface area (Å²) in [7, 11) is -0.339. The van der Waals surface area contributed by atoms with E-state index in [4.69, 9.17) is 9.35 Å². The molecule has 3 aromatic rings. The van der Waals surface area contributed by atoms with Gasteiger partial charge in [-0.15, -0.1) is 6.58 Å². The Morgan fingerprint density at radius 1 is 1.21 bits per heavy atom. The molecule has 1 saturated heterocycles. The fourth-order valence-electron chi connectivity index (χ4n) is 3.76. The molecule has 0 aliphatic carbocycles. The van der Waals surface area contributed by atoms with Crippen LogP contribution in [-0.2, 0) is 10.7 Å². The van der Waals surface area contributed by atoms with Crippen LogP contribution in [0.2, 0.25) is 0 Å².